The molecule has 0 N–H and O–H groups in total. The first-order chi connectivity index (χ1) is 61.5. The molecule has 0 saturated carbocycles. The van der Waals surface area contributed by atoms with Crippen LogP contribution in [0.25, 0.3) is 165 Å². The van der Waals surface area contributed by atoms with E-state index in [1.807, 2.05) is 0 Å². The maximum Gasteiger partial charge on any atom is 0.136 e. The van der Waals surface area contributed by atoms with Crippen LogP contribution >= 0.6 is 0 Å². The molecule has 0 saturated heterocycles. The third-order valence-corrected chi connectivity index (χ3v) is 13.1. The second kappa shape index (κ2) is 19.5. The molecular weight excluding hydrogens is 993 g/mol. The lowest BCUT2D eigenvalue weighted by Gasteiger charge is -2.18. The van der Waals surface area contributed by atoms with E-state index in [1.54, 1.807) is 0 Å². The molecule has 0 radical (unpaired) electrons. The number of hydrogen-bond acceptors (Lipinski definition) is 2. The minimum atomic E-state index is -1.08. The highest BCUT2D eigenvalue weighted by Crippen LogP contribution is 2.49. The molecule has 0 atom stereocenters. The fraction of sp³-hybridized carbons (Fsp3) is 0. The number of hydrogen-bond donors (Lipinski definition) is 0. The standard InChI is InChI=1S/C42H26O.C38H24O/c1-2-11-30-26-31(25-22-27(30)10-1)28-20-23-29(24-21-28)40-32-12-3-5-14-34(32)41(35-15-6-4-13-33(35)40)37-17-9-19-39-42(37)36-16-7-8-18-38(36)43-39;1-2-11-25(12-3-1)26-21-23-27(24-22-26)36-28-13-4-6-15-30(28)37(31-16-7-5-14-29(31)36)33-18-10-20-35-38(33)32-17-8-9-19-34(32)39-35/h1-26H;1-24H/i1D,2D,3D,4D,5D,6D,7D,8D,9D,10D,11D,12D,13D,14D,15D,16D,17D,18D,19D,20D,21D,22D,23D,24D,25D,26D;1D,2D,3D,4D,5D,6D,7D,8D,9D,10D,11D,12D,13D,14D,15D,16D,17D,18D,19D,20D,21D,22D,23D,24D. The molecule has 2 heterocycles. The van der Waals surface area contributed by atoms with Crippen molar-refractivity contribution in [3.05, 3.63) is 302 Å². The molecule has 2 nitrogen and oxygen atoms in total. The number of furan rings is 2. The Morgan fingerprint density at radius 3 is 0.939 bits per heavy atom. The Kier molecular flexibility index (Phi) is 4.50. The first kappa shape index (κ1) is 18.9. The van der Waals surface area contributed by atoms with E-state index in [0.29, 0.717) is 0 Å². The molecular formula is C80H50O2. The van der Waals surface area contributed by atoms with Crippen LogP contribution in [0.5, 0.6) is 0 Å². The van der Waals surface area contributed by atoms with Gasteiger partial charge in [-0.25, -0.2) is 0 Å². The van der Waals surface area contributed by atoms with E-state index in [9.17, 15) is 21.9 Å². The summed E-state index contributed by atoms with van der Waals surface area (Å²) in [6, 6.07) is -45.0. The summed E-state index contributed by atoms with van der Waals surface area (Å²) in [5, 5.41) is -8.46. The first-order valence-electron chi connectivity index (χ1n) is 49.1. The topological polar surface area (TPSA) is 26.3 Å². The van der Waals surface area contributed by atoms with E-state index in [-0.39, 0.29) is 0 Å². The highest BCUT2D eigenvalue weighted by molar-refractivity contribution is 6.27. The molecule has 382 valence electrons. The average Bonchev–Trinajstić information content (AvgIpc) is 1.09. The summed E-state index contributed by atoms with van der Waals surface area (Å²) in [4.78, 5) is 0. The second-order valence-corrected chi connectivity index (χ2v) is 17.5. The largest absolute Gasteiger partial charge is 0.456 e. The van der Waals surface area contributed by atoms with Gasteiger partial charge in [0.05, 0.1) is 68.5 Å². The monoisotopic (exact) mass is 1090 g/mol. The summed E-state index contributed by atoms with van der Waals surface area (Å²) < 4.78 is 455. The van der Waals surface area contributed by atoms with Crippen molar-refractivity contribution >= 4 is 97.7 Å². The Bertz CT molecular complexity index is 8190. The smallest absolute Gasteiger partial charge is 0.136 e. The van der Waals surface area contributed by atoms with Gasteiger partial charge in [-0.1, -0.05) is 272 Å². The predicted octanol–water partition coefficient (Wildman–Crippen LogP) is 22.9. The first-order valence-corrected chi connectivity index (χ1v) is 24.1. The Morgan fingerprint density at radius 1 is 0.195 bits per heavy atom. The van der Waals surface area contributed by atoms with Crippen molar-refractivity contribution in [2.24, 2.45) is 0 Å². The molecule has 82 heavy (non-hydrogen) atoms. The van der Waals surface area contributed by atoms with Crippen molar-refractivity contribution in [2.75, 3.05) is 0 Å². The number of fused-ring (bicyclic) bond motifs is 11. The van der Waals surface area contributed by atoms with Crippen molar-refractivity contribution in [1.29, 1.82) is 0 Å². The van der Waals surface area contributed by atoms with Crippen LogP contribution in [0.3, 0.4) is 0 Å². The van der Waals surface area contributed by atoms with Crippen LogP contribution in [0, 0.1) is 0 Å². The van der Waals surface area contributed by atoms with Gasteiger partial charge in [0.25, 0.3) is 0 Å². The molecule has 2 aromatic heterocycles. The van der Waals surface area contributed by atoms with Gasteiger partial charge in [0.15, 0.2) is 0 Å². The van der Waals surface area contributed by atoms with Gasteiger partial charge in [0.1, 0.15) is 22.3 Å². The molecule has 0 bridgehead atoms. The summed E-state index contributed by atoms with van der Waals surface area (Å²) in [6.07, 6.45) is 0. The van der Waals surface area contributed by atoms with E-state index in [1.165, 1.54) is 0 Å². The van der Waals surface area contributed by atoms with E-state index in [0.717, 1.165) is 0 Å². The van der Waals surface area contributed by atoms with Crippen LogP contribution in [0.4, 0.5) is 0 Å². The molecule has 0 aliphatic carbocycles. The summed E-state index contributed by atoms with van der Waals surface area (Å²) in [5.41, 5.74) is -10.9. The SMILES string of the molecule is [2H]c1c([2H])c(-c2c3c([2H])c([2H])c([2H])c([2H])c3c(-c3c([2H])c([2H])c([2H])c4oc5c([2H])c([2H])c([2H])c([2H])c5c34)c3c([2H])c([2H])c([2H])c([2H])c23)c([2H])c([2H])c1-c1c([2H])c([2H])c2c([2H])c([2H])c([2H])c([2H])c2c1[2H].[2H]c1c([2H])c([2H])c(-c2c([2H])c([2H])c(-c3c4c([2H])c([2H])c([2H])c([2H])c4c(-c4c([2H])c([2H])c([2H])c5oc6c([2H])c([2H])c([2H])c([2H])c6c45)c4c([2H])c([2H])c([2H])c([2H])c34)c([2H])c2[2H])c([2H])c1[2H]. The normalized spacial score (nSPS) is 20.2. The molecule has 0 fully saturated rings. The Hall–Kier alpha value is -10.8. The van der Waals surface area contributed by atoms with Crippen molar-refractivity contribution in [3.8, 4) is 66.8 Å². The molecule has 17 aromatic rings. The van der Waals surface area contributed by atoms with Crippen molar-refractivity contribution < 1.29 is 77.4 Å². The maximum absolute atomic E-state index is 9.48. The molecule has 0 unspecified atom stereocenters. The van der Waals surface area contributed by atoms with E-state index in [4.69, 9.17) is 55.4 Å². The number of para-hydroxylation sites is 2. The fourth-order valence-corrected chi connectivity index (χ4v) is 9.75. The summed E-state index contributed by atoms with van der Waals surface area (Å²) in [7, 11) is 0. The lowest BCUT2D eigenvalue weighted by Crippen LogP contribution is -1.91. The minimum absolute atomic E-state index is 0.442. The maximum atomic E-state index is 9.48. The third-order valence-electron chi connectivity index (χ3n) is 13.1. The summed E-state index contributed by atoms with van der Waals surface area (Å²) in [6.45, 7) is 0. The summed E-state index contributed by atoms with van der Waals surface area (Å²) in [5.74, 6) is 0. The van der Waals surface area contributed by atoms with Crippen LogP contribution in [-0.4, -0.2) is 0 Å². The summed E-state index contributed by atoms with van der Waals surface area (Å²) >= 11 is 0. The van der Waals surface area contributed by atoms with Gasteiger partial charge in [0, 0.05) is 21.5 Å². The average molecular weight is 1090 g/mol. The van der Waals surface area contributed by atoms with Crippen molar-refractivity contribution in [1.82, 2.24) is 0 Å². The Morgan fingerprint density at radius 2 is 0.500 bits per heavy atom. The van der Waals surface area contributed by atoms with Gasteiger partial charge in [-0.3, -0.25) is 0 Å². The predicted molar refractivity (Wildman–Crippen MR) is 348 cm³/mol. The fourth-order valence-electron chi connectivity index (χ4n) is 9.75. The van der Waals surface area contributed by atoms with E-state index >= 15 is 0 Å². The van der Waals surface area contributed by atoms with Gasteiger partial charge < -0.3 is 8.83 Å². The minimum Gasteiger partial charge on any atom is -0.456 e. The van der Waals surface area contributed by atoms with Crippen LogP contribution in [0.1, 0.15) is 68.5 Å². The quantitative estimate of drug-likeness (QED) is 0.155. The van der Waals surface area contributed by atoms with Gasteiger partial charge in [-0.05, 0) is 151 Å². The van der Waals surface area contributed by atoms with Crippen LogP contribution < -0.4 is 0 Å². The van der Waals surface area contributed by atoms with Crippen molar-refractivity contribution in [3.63, 3.8) is 0 Å². The van der Waals surface area contributed by atoms with E-state index in [2.05, 4.69) is 0 Å². The highest BCUT2D eigenvalue weighted by atomic mass is 16.3. The number of rotatable bonds is 6. The van der Waals surface area contributed by atoms with Crippen molar-refractivity contribution in [2.45, 2.75) is 0 Å². The van der Waals surface area contributed by atoms with Gasteiger partial charge >= 0.3 is 0 Å². The zero-order chi connectivity index (χ0) is 97.6. The van der Waals surface area contributed by atoms with E-state index < -0.39 is 467 Å². The zero-order valence-electron chi connectivity index (χ0n) is 90.8. The van der Waals surface area contributed by atoms with Gasteiger partial charge in [-0.2, -0.15) is 0 Å². The molecule has 0 aliphatic rings. The third kappa shape index (κ3) is 7.80. The molecule has 17 rings (SSSR count). The Balaban J connectivity index is 0.000000193. The second-order valence-electron chi connectivity index (χ2n) is 17.5. The zero-order valence-corrected chi connectivity index (χ0v) is 40.8. The van der Waals surface area contributed by atoms with Gasteiger partial charge in [0.2, 0.25) is 0 Å². The molecule has 0 aliphatic heterocycles. The molecule has 0 spiro atoms. The van der Waals surface area contributed by atoms with Crippen LogP contribution in [-0.2, 0) is 0 Å². The van der Waals surface area contributed by atoms with Crippen LogP contribution in [0.2, 0.25) is 0 Å². The van der Waals surface area contributed by atoms with Crippen LogP contribution in [0.15, 0.2) is 311 Å². The molecule has 15 aromatic carbocycles. The lowest BCUT2D eigenvalue weighted by atomic mass is 9.84. The lowest BCUT2D eigenvalue weighted by molar-refractivity contribution is 0.668. The highest BCUT2D eigenvalue weighted by Gasteiger charge is 2.22. The molecule has 2 heteroatoms. The van der Waals surface area contributed by atoms with Gasteiger partial charge in [-0.15, -0.1) is 0 Å². The number of benzene rings is 15. The molecule has 0 amide bonds. The Labute approximate surface area is 544 Å².